The molecule has 0 bridgehead atoms. The summed E-state index contributed by atoms with van der Waals surface area (Å²) < 4.78 is 42.9. The van der Waals surface area contributed by atoms with Crippen LogP contribution in [0.2, 0.25) is 0 Å². The van der Waals surface area contributed by atoms with Gasteiger partial charge in [-0.1, -0.05) is 0 Å². The van der Waals surface area contributed by atoms with Crippen molar-refractivity contribution in [1.82, 2.24) is 9.62 Å². The maximum Gasteiger partial charge on any atom is 0.243 e. The highest BCUT2D eigenvalue weighted by atomic mass is 32.2. The van der Waals surface area contributed by atoms with E-state index in [4.69, 9.17) is 13.9 Å². The molecule has 152 valence electrons. The number of sulfonamides is 1. The molecule has 0 unspecified atom stereocenters. The molecule has 1 aromatic carbocycles. The number of ether oxygens (including phenoxy) is 2. The molecule has 0 saturated carbocycles. The van der Waals surface area contributed by atoms with Crippen LogP contribution in [0.15, 0.2) is 45.9 Å². The zero-order valence-corrected chi connectivity index (χ0v) is 16.5. The molecule has 28 heavy (non-hydrogen) atoms. The molecule has 9 heteroatoms. The van der Waals surface area contributed by atoms with E-state index in [1.165, 1.54) is 17.5 Å². The molecule has 0 radical (unpaired) electrons. The second-order valence-corrected chi connectivity index (χ2v) is 8.28. The van der Waals surface area contributed by atoms with Crippen molar-refractivity contribution in [3.8, 4) is 5.75 Å². The van der Waals surface area contributed by atoms with Gasteiger partial charge in [0.2, 0.25) is 15.9 Å². The van der Waals surface area contributed by atoms with Crippen molar-refractivity contribution in [3.05, 3.63) is 47.9 Å². The zero-order chi connectivity index (χ0) is 20.0. The summed E-state index contributed by atoms with van der Waals surface area (Å²) in [6.45, 7) is 1.75. The van der Waals surface area contributed by atoms with Gasteiger partial charge in [0, 0.05) is 19.5 Å². The summed E-state index contributed by atoms with van der Waals surface area (Å²) in [5.41, 5.74) is 0.671. The minimum atomic E-state index is -3.60. The maximum atomic E-state index is 12.9. The first-order valence-electron chi connectivity index (χ1n) is 9.04. The van der Waals surface area contributed by atoms with Crippen LogP contribution in [0, 0.1) is 0 Å². The van der Waals surface area contributed by atoms with Crippen LogP contribution >= 0.6 is 0 Å². The number of morpholine rings is 1. The third kappa shape index (κ3) is 4.92. The molecule has 2 heterocycles. The molecule has 2 aromatic rings. The Kier molecular flexibility index (Phi) is 6.71. The quantitative estimate of drug-likeness (QED) is 0.712. The predicted octanol–water partition coefficient (Wildman–Crippen LogP) is 1.56. The Hall–Kier alpha value is -2.36. The molecule has 1 aliphatic heterocycles. The van der Waals surface area contributed by atoms with Gasteiger partial charge < -0.3 is 19.2 Å². The average molecular weight is 408 g/mol. The second-order valence-electron chi connectivity index (χ2n) is 6.35. The normalized spacial score (nSPS) is 15.3. The van der Waals surface area contributed by atoms with Crippen molar-refractivity contribution in [2.75, 3.05) is 33.4 Å². The number of methoxy groups -OCH3 is 1. The van der Waals surface area contributed by atoms with Crippen LogP contribution in [0.5, 0.6) is 5.75 Å². The number of nitrogens with zero attached hydrogens (tertiary/aromatic N) is 1. The molecule has 8 nitrogen and oxygen atoms in total. The standard InChI is InChI=1S/C19H24N2O6S/c1-25-18-6-5-17(28(23,24)21-8-11-26-12-9-21)13-15(18)4-7-19(22)20-14-16-3-2-10-27-16/h2-3,5-6,10,13H,4,7-9,11-12,14H2,1H3,(H,20,22). The van der Waals surface area contributed by atoms with Crippen molar-refractivity contribution in [3.63, 3.8) is 0 Å². The van der Waals surface area contributed by atoms with E-state index in [2.05, 4.69) is 5.32 Å². The fourth-order valence-electron chi connectivity index (χ4n) is 2.98. The molecule has 0 atom stereocenters. The Morgan fingerprint density at radius 2 is 2.04 bits per heavy atom. The summed E-state index contributed by atoms with van der Waals surface area (Å²) >= 11 is 0. The lowest BCUT2D eigenvalue weighted by atomic mass is 10.1. The van der Waals surface area contributed by atoms with Crippen LogP contribution in [0.4, 0.5) is 0 Å². The third-order valence-electron chi connectivity index (χ3n) is 4.52. The molecule has 1 saturated heterocycles. The van der Waals surface area contributed by atoms with Gasteiger partial charge >= 0.3 is 0 Å². The first-order chi connectivity index (χ1) is 13.5. The number of carbonyl (C=O) groups is 1. The first-order valence-corrected chi connectivity index (χ1v) is 10.5. The van der Waals surface area contributed by atoms with E-state index in [0.29, 0.717) is 56.3 Å². The lowest BCUT2D eigenvalue weighted by molar-refractivity contribution is -0.121. The Morgan fingerprint density at radius 3 is 2.71 bits per heavy atom. The van der Waals surface area contributed by atoms with E-state index in [1.807, 2.05) is 0 Å². The second kappa shape index (κ2) is 9.22. The van der Waals surface area contributed by atoms with Crippen molar-refractivity contribution < 1.29 is 27.1 Å². The summed E-state index contributed by atoms with van der Waals surface area (Å²) in [4.78, 5) is 12.3. The fraction of sp³-hybridized carbons (Fsp3) is 0.421. The van der Waals surface area contributed by atoms with Crippen LogP contribution in [-0.2, 0) is 32.5 Å². The highest BCUT2D eigenvalue weighted by Crippen LogP contribution is 2.26. The molecular weight excluding hydrogens is 384 g/mol. The summed E-state index contributed by atoms with van der Waals surface area (Å²) in [7, 11) is -2.08. The fourth-order valence-corrected chi connectivity index (χ4v) is 4.44. The van der Waals surface area contributed by atoms with Gasteiger partial charge in [0.05, 0.1) is 38.0 Å². The van der Waals surface area contributed by atoms with Crippen molar-refractivity contribution in [2.24, 2.45) is 0 Å². The SMILES string of the molecule is COc1ccc(S(=O)(=O)N2CCOCC2)cc1CCC(=O)NCc1ccco1. The molecule has 1 aliphatic rings. The lowest BCUT2D eigenvalue weighted by Crippen LogP contribution is -2.40. The van der Waals surface area contributed by atoms with Gasteiger partial charge in [-0.2, -0.15) is 4.31 Å². The topological polar surface area (TPSA) is 98.1 Å². The van der Waals surface area contributed by atoms with E-state index in [-0.39, 0.29) is 17.2 Å². The monoisotopic (exact) mass is 408 g/mol. The van der Waals surface area contributed by atoms with E-state index < -0.39 is 10.0 Å². The number of hydrogen-bond acceptors (Lipinski definition) is 6. The number of hydrogen-bond donors (Lipinski definition) is 1. The minimum absolute atomic E-state index is 0.153. The van der Waals surface area contributed by atoms with Gasteiger partial charge in [-0.3, -0.25) is 4.79 Å². The Bertz CT molecular complexity index is 889. The van der Waals surface area contributed by atoms with E-state index >= 15 is 0 Å². The molecular formula is C19H24N2O6S. The molecule has 3 rings (SSSR count). The van der Waals surface area contributed by atoms with Crippen molar-refractivity contribution in [2.45, 2.75) is 24.3 Å². The Morgan fingerprint density at radius 1 is 1.25 bits per heavy atom. The number of carbonyl (C=O) groups excluding carboxylic acids is 1. The predicted molar refractivity (Wildman–Crippen MR) is 101 cm³/mol. The number of aryl methyl sites for hydroxylation is 1. The number of amides is 1. The molecule has 1 aromatic heterocycles. The van der Waals surface area contributed by atoms with E-state index in [9.17, 15) is 13.2 Å². The first kappa shape index (κ1) is 20.4. The maximum absolute atomic E-state index is 12.9. The highest BCUT2D eigenvalue weighted by Gasteiger charge is 2.27. The highest BCUT2D eigenvalue weighted by molar-refractivity contribution is 7.89. The largest absolute Gasteiger partial charge is 0.496 e. The third-order valence-corrected chi connectivity index (χ3v) is 6.42. The summed E-state index contributed by atoms with van der Waals surface area (Å²) in [6, 6.07) is 8.28. The zero-order valence-electron chi connectivity index (χ0n) is 15.7. The summed E-state index contributed by atoms with van der Waals surface area (Å²) in [5, 5.41) is 2.78. The van der Waals surface area contributed by atoms with E-state index in [0.717, 1.165) is 0 Å². The van der Waals surface area contributed by atoms with Crippen LogP contribution < -0.4 is 10.1 Å². The smallest absolute Gasteiger partial charge is 0.243 e. The van der Waals surface area contributed by atoms with Crippen molar-refractivity contribution in [1.29, 1.82) is 0 Å². The van der Waals surface area contributed by atoms with Crippen molar-refractivity contribution >= 4 is 15.9 Å². The number of nitrogens with one attached hydrogen (secondary N) is 1. The van der Waals surface area contributed by atoms with Crippen LogP contribution in [0.25, 0.3) is 0 Å². The van der Waals surface area contributed by atoms with Gasteiger partial charge in [0.1, 0.15) is 11.5 Å². The van der Waals surface area contributed by atoms with Crippen LogP contribution in [0.3, 0.4) is 0 Å². The van der Waals surface area contributed by atoms with Gasteiger partial charge in [-0.25, -0.2) is 8.42 Å². The summed E-state index contributed by atoms with van der Waals surface area (Å²) in [5.74, 6) is 1.07. The number of furan rings is 1. The number of benzene rings is 1. The molecule has 0 aliphatic carbocycles. The van der Waals surface area contributed by atoms with Gasteiger partial charge in [0.15, 0.2) is 0 Å². The van der Waals surface area contributed by atoms with Gasteiger partial charge in [-0.15, -0.1) is 0 Å². The Labute approximate surface area is 164 Å². The van der Waals surface area contributed by atoms with Crippen LogP contribution in [0.1, 0.15) is 17.7 Å². The van der Waals surface area contributed by atoms with E-state index in [1.54, 1.807) is 30.5 Å². The lowest BCUT2D eigenvalue weighted by Gasteiger charge is -2.26. The van der Waals surface area contributed by atoms with Crippen LogP contribution in [-0.4, -0.2) is 52.0 Å². The average Bonchev–Trinajstić information content (AvgIpc) is 3.24. The molecule has 1 fully saturated rings. The molecule has 0 spiro atoms. The Balaban J connectivity index is 1.67. The summed E-state index contributed by atoms with van der Waals surface area (Å²) in [6.07, 6.45) is 2.12. The number of rotatable bonds is 8. The molecule has 1 N–H and O–H groups in total. The van der Waals surface area contributed by atoms with Gasteiger partial charge in [-0.05, 0) is 42.3 Å². The molecule has 1 amide bonds. The minimum Gasteiger partial charge on any atom is -0.496 e. The van der Waals surface area contributed by atoms with Gasteiger partial charge in [0.25, 0.3) is 0 Å².